The van der Waals surface area contributed by atoms with Gasteiger partial charge in [-0.2, -0.15) is 0 Å². The Morgan fingerprint density at radius 1 is 0.304 bits per heavy atom. The third kappa shape index (κ3) is 55.6. The lowest BCUT2D eigenvalue weighted by Crippen LogP contribution is -2.30. The van der Waals surface area contributed by atoms with Crippen LogP contribution in [0.3, 0.4) is 0 Å². The van der Waals surface area contributed by atoms with E-state index in [0.717, 1.165) is 69.6 Å². The van der Waals surface area contributed by atoms with Gasteiger partial charge in [-0.1, -0.05) is 317 Å². The van der Waals surface area contributed by atoms with Gasteiger partial charge in [0.15, 0.2) is 6.10 Å². The summed E-state index contributed by atoms with van der Waals surface area (Å²) in [6, 6.07) is 0. The Labute approximate surface area is 431 Å². The summed E-state index contributed by atoms with van der Waals surface area (Å²) in [7, 11) is 0. The fourth-order valence-electron chi connectivity index (χ4n) is 9.73. The molecule has 0 aromatic carbocycles. The molecule has 0 aromatic heterocycles. The van der Waals surface area contributed by atoms with Crippen molar-refractivity contribution in [2.75, 3.05) is 13.2 Å². The molecule has 0 saturated carbocycles. The van der Waals surface area contributed by atoms with Gasteiger partial charge in [-0.3, -0.25) is 14.4 Å². The third-order valence-corrected chi connectivity index (χ3v) is 14.8. The molecule has 410 valence electrons. The highest BCUT2D eigenvalue weighted by Crippen LogP contribution is 2.19. The van der Waals surface area contributed by atoms with Gasteiger partial charge in [-0.05, 0) is 31.1 Å². The van der Waals surface area contributed by atoms with Crippen molar-refractivity contribution in [1.29, 1.82) is 0 Å². The lowest BCUT2D eigenvalue weighted by molar-refractivity contribution is -0.167. The van der Waals surface area contributed by atoms with Gasteiger partial charge in [0.2, 0.25) is 0 Å². The van der Waals surface area contributed by atoms with Gasteiger partial charge in [-0.15, -0.1) is 0 Å². The number of hydrogen-bond donors (Lipinski definition) is 0. The van der Waals surface area contributed by atoms with Crippen LogP contribution in [0.5, 0.6) is 0 Å². The van der Waals surface area contributed by atoms with E-state index in [1.54, 1.807) is 0 Å². The maximum absolute atomic E-state index is 12.9. The van der Waals surface area contributed by atoms with Crippen LogP contribution in [0.25, 0.3) is 0 Å². The maximum atomic E-state index is 12.9. The quantitative estimate of drug-likeness (QED) is 0.0343. The monoisotopic (exact) mass is 975 g/mol. The predicted molar refractivity (Wildman–Crippen MR) is 298 cm³/mol. The van der Waals surface area contributed by atoms with Crippen LogP contribution in [0.15, 0.2) is 0 Å². The highest BCUT2D eigenvalue weighted by molar-refractivity contribution is 5.71. The summed E-state index contributed by atoms with van der Waals surface area (Å²) >= 11 is 0. The Morgan fingerprint density at radius 2 is 0.551 bits per heavy atom. The second-order valence-corrected chi connectivity index (χ2v) is 22.4. The number of esters is 3. The first-order chi connectivity index (χ1) is 33.8. The molecule has 0 aromatic rings. The molecule has 0 aliphatic rings. The summed E-state index contributed by atoms with van der Waals surface area (Å²) < 4.78 is 16.9. The average molecular weight is 976 g/mol. The Morgan fingerprint density at radius 3 is 0.826 bits per heavy atom. The second kappa shape index (κ2) is 55.7. The van der Waals surface area contributed by atoms with Gasteiger partial charge >= 0.3 is 17.9 Å². The first-order valence-corrected chi connectivity index (χ1v) is 31.3. The molecule has 1 unspecified atom stereocenters. The van der Waals surface area contributed by atoms with E-state index in [4.69, 9.17) is 14.2 Å². The first kappa shape index (κ1) is 67.4. The summed E-state index contributed by atoms with van der Waals surface area (Å²) in [5.74, 6) is 0.889. The zero-order valence-corrected chi connectivity index (χ0v) is 47.5. The molecule has 0 aliphatic heterocycles. The fraction of sp³-hybridized carbons (Fsp3) is 0.952. The van der Waals surface area contributed by atoms with Gasteiger partial charge in [0.05, 0.1) is 0 Å². The molecule has 6 heteroatoms. The van der Waals surface area contributed by atoms with E-state index in [9.17, 15) is 14.4 Å². The van der Waals surface area contributed by atoms with Gasteiger partial charge in [0.25, 0.3) is 0 Å². The highest BCUT2D eigenvalue weighted by Gasteiger charge is 2.19. The Kier molecular flexibility index (Phi) is 54.4. The number of carbonyl (C=O) groups is 3. The molecule has 0 heterocycles. The molecule has 0 rings (SSSR count). The summed E-state index contributed by atoms with van der Waals surface area (Å²) in [6.45, 7) is 11.5. The fourth-order valence-corrected chi connectivity index (χ4v) is 9.73. The van der Waals surface area contributed by atoms with Crippen molar-refractivity contribution in [2.45, 2.75) is 362 Å². The Hall–Kier alpha value is -1.59. The van der Waals surface area contributed by atoms with Crippen LogP contribution in [0.2, 0.25) is 0 Å². The standard InChI is InChI=1S/C63H122O6/c1-6-8-9-10-11-12-13-14-15-16-17-22-25-28-35-40-45-50-55-63(66)69-60(57-68-62(65)54-49-44-39-34-30-29-32-37-42-47-52-59(5)7-2)56-67-61(64)53-48-43-38-33-27-24-21-19-18-20-23-26-31-36-41-46-51-58(3)4/h58-60H,6-57H2,1-5H3/t59?,60-/m0/s1. The van der Waals surface area contributed by atoms with Crippen molar-refractivity contribution in [3.63, 3.8) is 0 Å². The molecular weight excluding hydrogens is 853 g/mol. The third-order valence-electron chi connectivity index (χ3n) is 14.8. The van der Waals surface area contributed by atoms with Crippen molar-refractivity contribution in [3.05, 3.63) is 0 Å². The second-order valence-electron chi connectivity index (χ2n) is 22.4. The lowest BCUT2D eigenvalue weighted by Gasteiger charge is -2.18. The minimum absolute atomic E-state index is 0.0622. The molecule has 69 heavy (non-hydrogen) atoms. The van der Waals surface area contributed by atoms with Gasteiger partial charge in [0, 0.05) is 19.3 Å². The molecule has 0 radical (unpaired) electrons. The normalized spacial score (nSPS) is 12.4. The number of rotatable bonds is 57. The summed E-state index contributed by atoms with van der Waals surface area (Å²) in [4.78, 5) is 38.3. The molecule has 0 spiro atoms. The smallest absolute Gasteiger partial charge is 0.306 e. The molecule has 6 nitrogen and oxygen atoms in total. The van der Waals surface area contributed by atoms with Crippen molar-refractivity contribution in [3.8, 4) is 0 Å². The first-order valence-electron chi connectivity index (χ1n) is 31.3. The van der Waals surface area contributed by atoms with Crippen LogP contribution in [-0.4, -0.2) is 37.2 Å². The highest BCUT2D eigenvalue weighted by atomic mass is 16.6. The van der Waals surface area contributed by atoms with Crippen LogP contribution in [0, 0.1) is 11.8 Å². The molecule has 2 atom stereocenters. The molecule has 0 aliphatic carbocycles. The minimum Gasteiger partial charge on any atom is -0.462 e. The van der Waals surface area contributed by atoms with Crippen LogP contribution in [0.1, 0.15) is 356 Å². The van der Waals surface area contributed by atoms with E-state index in [2.05, 4.69) is 34.6 Å². The van der Waals surface area contributed by atoms with Crippen molar-refractivity contribution < 1.29 is 28.6 Å². The molecule has 0 amide bonds. The number of carbonyl (C=O) groups excluding carboxylic acids is 3. The van der Waals surface area contributed by atoms with E-state index in [1.807, 2.05) is 0 Å². The van der Waals surface area contributed by atoms with Crippen molar-refractivity contribution >= 4 is 17.9 Å². The lowest BCUT2D eigenvalue weighted by atomic mass is 9.99. The minimum atomic E-state index is -0.764. The van der Waals surface area contributed by atoms with Crippen molar-refractivity contribution in [1.82, 2.24) is 0 Å². The molecular formula is C63H122O6. The van der Waals surface area contributed by atoms with Crippen LogP contribution < -0.4 is 0 Å². The molecule has 0 N–H and O–H groups in total. The number of unbranched alkanes of at least 4 members (excludes halogenated alkanes) is 41. The van der Waals surface area contributed by atoms with Gasteiger partial charge in [0.1, 0.15) is 13.2 Å². The largest absolute Gasteiger partial charge is 0.462 e. The van der Waals surface area contributed by atoms with Crippen molar-refractivity contribution in [2.24, 2.45) is 11.8 Å². The Bertz CT molecular complexity index is 1060. The molecule has 0 saturated heterocycles. The van der Waals surface area contributed by atoms with Gasteiger partial charge in [-0.25, -0.2) is 0 Å². The van der Waals surface area contributed by atoms with E-state index < -0.39 is 6.10 Å². The topological polar surface area (TPSA) is 78.9 Å². The zero-order valence-electron chi connectivity index (χ0n) is 47.5. The van der Waals surface area contributed by atoms with Crippen LogP contribution >= 0.6 is 0 Å². The molecule has 0 bridgehead atoms. The number of ether oxygens (including phenoxy) is 3. The van der Waals surface area contributed by atoms with Crippen LogP contribution in [0.4, 0.5) is 0 Å². The van der Waals surface area contributed by atoms with E-state index in [1.165, 1.54) is 244 Å². The summed E-state index contributed by atoms with van der Waals surface area (Å²) in [6.07, 6.45) is 60.9. The van der Waals surface area contributed by atoms with Gasteiger partial charge < -0.3 is 14.2 Å². The zero-order chi connectivity index (χ0) is 50.4. The number of hydrogen-bond acceptors (Lipinski definition) is 6. The average Bonchev–Trinajstić information content (AvgIpc) is 3.34. The summed E-state index contributed by atoms with van der Waals surface area (Å²) in [5, 5.41) is 0. The molecule has 0 fully saturated rings. The van der Waals surface area contributed by atoms with Crippen LogP contribution in [-0.2, 0) is 28.6 Å². The Balaban J connectivity index is 4.28. The van der Waals surface area contributed by atoms with E-state index in [0.29, 0.717) is 19.3 Å². The SMILES string of the molecule is CCCCCCCCCCCCCCCCCCCCC(=O)O[C@@H](COC(=O)CCCCCCCCCCCCCCCCCCC(C)C)COC(=O)CCCCCCCCCCCCC(C)CC. The predicted octanol–water partition coefficient (Wildman–Crippen LogP) is 20.8. The maximum Gasteiger partial charge on any atom is 0.306 e. The summed E-state index contributed by atoms with van der Waals surface area (Å²) in [5.41, 5.74) is 0. The van der Waals surface area contributed by atoms with E-state index in [-0.39, 0.29) is 31.1 Å². The van der Waals surface area contributed by atoms with E-state index >= 15 is 0 Å².